The molecule has 0 aliphatic carbocycles. The predicted molar refractivity (Wildman–Crippen MR) is 40.4 cm³/mol. The second-order valence-electron chi connectivity index (χ2n) is 1.60. The van der Waals surface area contributed by atoms with Crippen LogP contribution in [-0.4, -0.2) is 18.7 Å². The summed E-state index contributed by atoms with van der Waals surface area (Å²) in [4.78, 5) is 0. The molecule has 0 unspecified atom stereocenters. The minimum absolute atomic E-state index is 0. The van der Waals surface area contributed by atoms with Gasteiger partial charge in [-0.3, -0.25) is 0 Å². The van der Waals surface area contributed by atoms with Crippen LogP contribution in [0.25, 0.3) is 0 Å². The molecule has 60 valence electrons. The molecule has 10 heavy (non-hydrogen) atoms. The van der Waals surface area contributed by atoms with E-state index < -0.39 is 10.1 Å². The van der Waals surface area contributed by atoms with E-state index in [1.165, 1.54) is 6.08 Å². The zero-order valence-corrected chi connectivity index (χ0v) is 7.02. The molecule has 0 aliphatic heterocycles. The first-order valence-corrected chi connectivity index (χ1v) is 4.22. The van der Waals surface area contributed by atoms with E-state index in [4.69, 9.17) is 0 Å². The summed E-state index contributed by atoms with van der Waals surface area (Å²) in [6.45, 7) is 1.87. The lowest BCUT2D eigenvalue weighted by Crippen LogP contribution is -2.00. The summed E-state index contributed by atoms with van der Waals surface area (Å²) in [7, 11) is -4.03. The van der Waals surface area contributed by atoms with Crippen molar-refractivity contribution in [1.29, 1.82) is 0 Å². The van der Waals surface area contributed by atoms with E-state index in [1.54, 1.807) is 6.08 Å². The molecule has 4 heteroatoms. The molecule has 0 heterocycles. The second kappa shape index (κ2) is 5.32. The fourth-order valence-electron chi connectivity index (χ4n) is 0.353. The van der Waals surface area contributed by atoms with Gasteiger partial charge < -0.3 is 4.55 Å². The van der Waals surface area contributed by atoms with Gasteiger partial charge in [0, 0.05) is 7.43 Å². The van der Waals surface area contributed by atoms with Crippen molar-refractivity contribution in [3.63, 3.8) is 0 Å². The Kier molecular flexibility index (Phi) is 6.50. The summed E-state index contributed by atoms with van der Waals surface area (Å²) in [5.41, 5.74) is 0. The minimum atomic E-state index is -4.03. The molecule has 0 atom stereocenters. The molecule has 0 aliphatic rings. The minimum Gasteiger partial charge on any atom is -0.748 e. The van der Waals surface area contributed by atoms with E-state index in [0.29, 0.717) is 0 Å². The van der Waals surface area contributed by atoms with Gasteiger partial charge in [-0.2, -0.15) is 0 Å². The Labute approximate surface area is 62.5 Å². The third-order valence-electron chi connectivity index (χ3n) is 0.703. The van der Waals surface area contributed by atoms with Gasteiger partial charge in [0.2, 0.25) is 0 Å². The maximum Gasteiger partial charge on any atom is 0.0982 e. The Morgan fingerprint density at radius 1 is 1.40 bits per heavy atom. The fraction of sp³-hybridized carbons (Fsp3) is 0.500. The summed E-state index contributed by atoms with van der Waals surface area (Å²) < 4.78 is 29.7. The quantitative estimate of drug-likeness (QED) is 0.354. The van der Waals surface area contributed by atoms with Gasteiger partial charge >= 0.3 is 0 Å². The van der Waals surface area contributed by atoms with Gasteiger partial charge in [0.15, 0.2) is 0 Å². The number of allylic oxidation sites excluding steroid dienone is 1. The zero-order chi connectivity index (χ0) is 7.33. The summed E-state index contributed by atoms with van der Waals surface area (Å²) in [6, 6.07) is 0. The van der Waals surface area contributed by atoms with Gasteiger partial charge in [-0.25, -0.2) is 8.42 Å². The molecule has 0 saturated heterocycles. The molecule has 0 amide bonds. The third kappa shape index (κ3) is 10.5. The van der Waals surface area contributed by atoms with Crippen LogP contribution in [0.4, 0.5) is 0 Å². The standard InChI is InChI=1S/C5H10O3S.CH3/c1-2-3-4-5-9(6,7)8;/h3-4H,2,5H2,1H3,(H,6,7,8);1H3/q;+1/p-1. The number of hydrogen-bond acceptors (Lipinski definition) is 3. The highest BCUT2D eigenvalue weighted by atomic mass is 32.2. The van der Waals surface area contributed by atoms with Crippen molar-refractivity contribution in [2.45, 2.75) is 13.3 Å². The molecule has 0 aromatic rings. The van der Waals surface area contributed by atoms with Gasteiger partial charge in [0.25, 0.3) is 0 Å². The van der Waals surface area contributed by atoms with Crippen LogP contribution in [0, 0.1) is 7.43 Å². The van der Waals surface area contributed by atoms with Crippen LogP contribution < -0.4 is 0 Å². The summed E-state index contributed by atoms with van der Waals surface area (Å²) in [5.74, 6) is -0.388. The Hall–Kier alpha value is -0.480. The average molecular weight is 164 g/mol. The SMILES string of the molecule is CCC=CCS(=O)(=O)[O-].[CH3+]. The highest BCUT2D eigenvalue weighted by molar-refractivity contribution is 7.85. The summed E-state index contributed by atoms with van der Waals surface area (Å²) in [6.07, 6.45) is 3.77. The highest BCUT2D eigenvalue weighted by Gasteiger charge is 1.85. The Morgan fingerprint density at radius 2 is 1.90 bits per heavy atom. The first kappa shape index (κ1) is 12.2. The van der Waals surface area contributed by atoms with Crippen molar-refractivity contribution in [3.05, 3.63) is 19.6 Å². The fourth-order valence-corrected chi connectivity index (χ4v) is 0.724. The maximum absolute atomic E-state index is 9.90. The monoisotopic (exact) mass is 164 g/mol. The first-order chi connectivity index (χ1) is 4.06. The summed E-state index contributed by atoms with van der Waals surface area (Å²) >= 11 is 0. The lowest BCUT2D eigenvalue weighted by atomic mass is 10.4. The van der Waals surface area contributed by atoms with Crippen molar-refractivity contribution < 1.29 is 13.0 Å². The average Bonchev–Trinajstić information content (AvgIpc) is 1.63. The topological polar surface area (TPSA) is 57.2 Å². The van der Waals surface area contributed by atoms with Crippen molar-refractivity contribution in [2.75, 3.05) is 5.75 Å². The molecule has 0 fully saturated rings. The zero-order valence-electron chi connectivity index (χ0n) is 6.20. The highest BCUT2D eigenvalue weighted by Crippen LogP contribution is 1.84. The molecule has 0 rings (SSSR count). The van der Waals surface area contributed by atoms with Gasteiger partial charge in [-0.1, -0.05) is 19.1 Å². The summed E-state index contributed by atoms with van der Waals surface area (Å²) in [5, 5.41) is 0. The van der Waals surface area contributed by atoms with Gasteiger partial charge in [0.05, 0.1) is 15.9 Å². The Bertz CT molecular complexity index is 179. The van der Waals surface area contributed by atoms with E-state index >= 15 is 0 Å². The molecular formula is C6H12O3S. The smallest absolute Gasteiger partial charge is 0.0982 e. The molecule has 0 aromatic heterocycles. The molecule has 0 saturated carbocycles. The third-order valence-corrected chi connectivity index (χ3v) is 1.30. The van der Waals surface area contributed by atoms with Crippen LogP contribution in [-0.2, 0) is 10.1 Å². The van der Waals surface area contributed by atoms with E-state index in [-0.39, 0.29) is 13.2 Å². The van der Waals surface area contributed by atoms with E-state index in [9.17, 15) is 13.0 Å². The van der Waals surface area contributed by atoms with Gasteiger partial charge in [-0.05, 0) is 6.42 Å². The van der Waals surface area contributed by atoms with Crippen LogP contribution in [0.15, 0.2) is 12.2 Å². The van der Waals surface area contributed by atoms with E-state index in [0.717, 1.165) is 6.42 Å². The van der Waals surface area contributed by atoms with Crippen molar-refractivity contribution in [2.24, 2.45) is 0 Å². The molecule has 3 nitrogen and oxygen atoms in total. The van der Waals surface area contributed by atoms with Gasteiger partial charge in [0.1, 0.15) is 0 Å². The van der Waals surface area contributed by atoms with E-state index in [2.05, 4.69) is 0 Å². The number of hydrogen-bond donors (Lipinski definition) is 0. The van der Waals surface area contributed by atoms with Crippen LogP contribution in [0.3, 0.4) is 0 Å². The van der Waals surface area contributed by atoms with Crippen LogP contribution in [0.5, 0.6) is 0 Å². The lowest BCUT2D eigenvalue weighted by Gasteiger charge is -1.99. The number of rotatable bonds is 3. The van der Waals surface area contributed by atoms with Crippen molar-refractivity contribution in [1.82, 2.24) is 0 Å². The van der Waals surface area contributed by atoms with Crippen molar-refractivity contribution >= 4 is 10.1 Å². The van der Waals surface area contributed by atoms with Crippen LogP contribution in [0.2, 0.25) is 0 Å². The molecule has 0 N–H and O–H groups in total. The van der Waals surface area contributed by atoms with Gasteiger partial charge in [-0.15, -0.1) is 0 Å². The molecule has 0 radical (unpaired) electrons. The second-order valence-corrected chi connectivity index (χ2v) is 3.05. The Balaban J connectivity index is 0. The van der Waals surface area contributed by atoms with Crippen molar-refractivity contribution in [3.8, 4) is 0 Å². The van der Waals surface area contributed by atoms with Crippen LogP contribution in [0.1, 0.15) is 13.3 Å². The molecular weight excluding hydrogens is 152 g/mol. The Morgan fingerprint density at radius 3 is 2.20 bits per heavy atom. The normalized spacial score (nSPS) is 11.4. The maximum atomic E-state index is 9.90. The van der Waals surface area contributed by atoms with Crippen LogP contribution >= 0.6 is 0 Å². The molecule has 0 spiro atoms. The predicted octanol–water partition coefficient (Wildman–Crippen LogP) is 0.948. The van der Waals surface area contributed by atoms with E-state index in [1.807, 2.05) is 6.92 Å². The first-order valence-electron chi connectivity index (χ1n) is 2.65. The molecule has 0 bridgehead atoms. The largest absolute Gasteiger partial charge is 0.748 e. The lowest BCUT2D eigenvalue weighted by molar-refractivity contribution is 0.466. The molecule has 0 aromatic carbocycles.